The molecule has 4 heteroatoms. The second-order valence-electron chi connectivity index (χ2n) is 2.25. The van der Waals surface area contributed by atoms with Gasteiger partial charge >= 0.3 is 5.92 Å². The molecule has 0 N–H and O–H groups in total. The molecule has 0 aromatic carbocycles. The molecule has 0 nitrogen and oxygen atoms in total. The van der Waals surface area contributed by atoms with Crippen molar-refractivity contribution in [3.63, 3.8) is 0 Å². The second-order valence-corrected chi connectivity index (χ2v) is 3.36. The Morgan fingerprint density at radius 3 is 2.50 bits per heavy atom. The SMILES string of the molecule is C=CCC(Br)C(F)(F)C(F)=CC. The maximum atomic E-state index is 12.9. The van der Waals surface area contributed by atoms with Crippen molar-refractivity contribution in [2.24, 2.45) is 0 Å². The van der Waals surface area contributed by atoms with Crippen molar-refractivity contribution in [2.45, 2.75) is 24.1 Å². The first kappa shape index (κ1) is 11.8. The van der Waals surface area contributed by atoms with E-state index in [1.165, 1.54) is 13.0 Å². The maximum absolute atomic E-state index is 12.9. The highest BCUT2D eigenvalue weighted by atomic mass is 79.9. The lowest BCUT2D eigenvalue weighted by Gasteiger charge is -2.18. The zero-order valence-corrected chi connectivity index (χ0v) is 8.24. The van der Waals surface area contributed by atoms with Crippen LogP contribution in [0.2, 0.25) is 0 Å². The summed E-state index contributed by atoms with van der Waals surface area (Å²) in [5.41, 5.74) is 0. The zero-order valence-electron chi connectivity index (χ0n) is 6.66. The first-order valence-electron chi connectivity index (χ1n) is 3.41. The van der Waals surface area contributed by atoms with E-state index < -0.39 is 16.6 Å². The highest BCUT2D eigenvalue weighted by Crippen LogP contribution is 2.35. The standard InChI is InChI=1S/C8H10BrF3/c1-3-5-6(9)8(11,12)7(10)4-2/h3-4,6H,1,5H2,2H3. The largest absolute Gasteiger partial charge is 0.310 e. The van der Waals surface area contributed by atoms with Gasteiger partial charge in [0, 0.05) is 0 Å². The van der Waals surface area contributed by atoms with E-state index in [9.17, 15) is 13.2 Å². The van der Waals surface area contributed by atoms with Crippen LogP contribution in [0.15, 0.2) is 24.6 Å². The summed E-state index contributed by atoms with van der Waals surface area (Å²) in [6.45, 7) is 4.53. The molecule has 0 saturated carbocycles. The Hall–Kier alpha value is -0.250. The van der Waals surface area contributed by atoms with Crippen LogP contribution in [0.4, 0.5) is 13.2 Å². The Bertz CT molecular complexity index is 187. The van der Waals surface area contributed by atoms with Gasteiger partial charge in [0.1, 0.15) is 0 Å². The summed E-state index contributed by atoms with van der Waals surface area (Å²) in [7, 11) is 0. The summed E-state index contributed by atoms with van der Waals surface area (Å²) in [6.07, 6.45) is 2.10. The minimum atomic E-state index is -3.44. The van der Waals surface area contributed by atoms with Crippen LogP contribution in [-0.2, 0) is 0 Å². The quantitative estimate of drug-likeness (QED) is 0.519. The van der Waals surface area contributed by atoms with Gasteiger partial charge in [-0.25, -0.2) is 4.39 Å². The molecule has 0 aliphatic heterocycles. The van der Waals surface area contributed by atoms with Crippen LogP contribution >= 0.6 is 15.9 Å². The van der Waals surface area contributed by atoms with Crippen molar-refractivity contribution in [2.75, 3.05) is 0 Å². The van der Waals surface area contributed by atoms with Crippen LogP contribution in [-0.4, -0.2) is 10.7 Å². The number of alkyl halides is 3. The lowest BCUT2D eigenvalue weighted by molar-refractivity contribution is 0.0185. The molecule has 12 heavy (non-hydrogen) atoms. The fourth-order valence-electron chi connectivity index (χ4n) is 0.636. The Kier molecular flexibility index (Phi) is 4.60. The van der Waals surface area contributed by atoms with Crippen molar-refractivity contribution >= 4 is 15.9 Å². The van der Waals surface area contributed by atoms with Crippen LogP contribution in [0.25, 0.3) is 0 Å². The van der Waals surface area contributed by atoms with Gasteiger partial charge in [-0.1, -0.05) is 22.0 Å². The smallest absolute Gasteiger partial charge is 0.205 e. The Balaban J connectivity index is 4.47. The summed E-state index contributed by atoms with van der Waals surface area (Å²) in [5, 5.41) is 0. The van der Waals surface area contributed by atoms with Crippen molar-refractivity contribution in [3.05, 3.63) is 24.6 Å². The molecule has 0 heterocycles. The number of rotatable bonds is 4. The minimum absolute atomic E-state index is 0.0221. The average Bonchev–Trinajstić information content (AvgIpc) is 2.03. The van der Waals surface area contributed by atoms with Gasteiger partial charge in [0.15, 0.2) is 5.83 Å². The van der Waals surface area contributed by atoms with E-state index in [2.05, 4.69) is 22.5 Å². The van der Waals surface area contributed by atoms with Crippen LogP contribution in [0.5, 0.6) is 0 Å². The molecule has 1 unspecified atom stereocenters. The Morgan fingerprint density at radius 2 is 2.17 bits per heavy atom. The molecule has 0 aliphatic rings. The topological polar surface area (TPSA) is 0 Å². The predicted octanol–water partition coefficient (Wildman–Crippen LogP) is 3.83. The summed E-state index contributed by atoms with van der Waals surface area (Å²) in [4.78, 5) is -1.22. The van der Waals surface area contributed by atoms with E-state index in [1.54, 1.807) is 0 Å². The third-order valence-corrected chi connectivity index (χ3v) is 2.29. The third-order valence-electron chi connectivity index (χ3n) is 1.34. The molecular formula is C8H10BrF3. The third kappa shape index (κ3) is 2.66. The highest BCUT2D eigenvalue weighted by molar-refractivity contribution is 9.09. The number of allylic oxidation sites excluding steroid dienone is 3. The molecular weight excluding hydrogens is 233 g/mol. The molecule has 0 saturated heterocycles. The van der Waals surface area contributed by atoms with E-state index in [0.717, 1.165) is 6.08 Å². The minimum Gasteiger partial charge on any atom is -0.205 e. The molecule has 0 spiro atoms. The summed E-state index contributed by atoms with van der Waals surface area (Å²) >= 11 is 2.70. The number of halogens is 4. The molecule has 0 amide bonds. The second kappa shape index (κ2) is 4.70. The van der Waals surface area contributed by atoms with E-state index in [4.69, 9.17) is 0 Å². The van der Waals surface area contributed by atoms with E-state index in [1.807, 2.05) is 0 Å². The van der Waals surface area contributed by atoms with Gasteiger partial charge in [0.25, 0.3) is 0 Å². The van der Waals surface area contributed by atoms with Crippen LogP contribution < -0.4 is 0 Å². The monoisotopic (exact) mass is 242 g/mol. The maximum Gasteiger partial charge on any atom is 0.310 e. The number of hydrogen-bond donors (Lipinski definition) is 0. The van der Waals surface area contributed by atoms with Crippen molar-refractivity contribution in [3.8, 4) is 0 Å². The summed E-state index contributed by atoms with van der Waals surface area (Å²) < 4.78 is 38.3. The highest BCUT2D eigenvalue weighted by Gasteiger charge is 2.41. The molecule has 70 valence electrons. The molecule has 0 aliphatic carbocycles. The Labute approximate surface area is 78.3 Å². The summed E-state index contributed by atoms with van der Waals surface area (Å²) in [6, 6.07) is 0. The molecule has 0 fully saturated rings. The molecule has 0 rings (SSSR count). The fourth-order valence-corrected chi connectivity index (χ4v) is 1.12. The van der Waals surface area contributed by atoms with Crippen LogP contribution in [0, 0.1) is 0 Å². The molecule has 0 bridgehead atoms. The van der Waals surface area contributed by atoms with Gasteiger partial charge in [0.2, 0.25) is 0 Å². The van der Waals surface area contributed by atoms with Crippen molar-refractivity contribution in [1.82, 2.24) is 0 Å². The molecule has 1 atom stereocenters. The van der Waals surface area contributed by atoms with Gasteiger partial charge in [-0.05, 0) is 19.4 Å². The van der Waals surface area contributed by atoms with E-state index >= 15 is 0 Å². The molecule has 0 aromatic heterocycles. The van der Waals surface area contributed by atoms with E-state index in [0.29, 0.717) is 0 Å². The van der Waals surface area contributed by atoms with Gasteiger partial charge < -0.3 is 0 Å². The summed E-state index contributed by atoms with van der Waals surface area (Å²) in [5.74, 6) is -4.85. The lowest BCUT2D eigenvalue weighted by Crippen LogP contribution is -2.29. The van der Waals surface area contributed by atoms with E-state index in [-0.39, 0.29) is 6.42 Å². The number of hydrogen-bond acceptors (Lipinski definition) is 0. The Morgan fingerprint density at radius 1 is 1.67 bits per heavy atom. The molecule has 0 aromatic rings. The zero-order chi connectivity index (χ0) is 9.78. The first-order valence-corrected chi connectivity index (χ1v) is 4.33. The first-order chi connectivity index (χ1) is 5.46. The van der Waals surface area contributed by atoms with Gasteiger partial charge in [-0.15, -0.1) is 6.58 Å². The van der Waals surface area contributed by atoms with Gasteiger partial charge in [-0.3, -0.25) is 0 Å². The van der Waals surface area contributed by atoms with Crippen LogP contribution in [0.1, 0.15) is 13.3 Å². The normalized spacial score (nSPS) is 15.9. The van der Waals surface area contributed by atoms with Crippen molar-refractivity contribution < 1.29 is 13.2 Å². The van der Waals surface area contributed by atoms with Crippen molar-refractivity contribution in [1.29, 1.82) is 0 Å². The van der Waals surface area contributed by atoms with Gasteiger partial charge in [-0.2, -0.15) is 8.78 Å². The molecule has 0 radical (unpaired) electrons. The van der Waals surface area contributed by atoms with Gasteiger partial charge in [0.05, 0.1) is 4.83 Å². The predicted molar refractivity (Wildman–Crippen MR) is 47.3 cm³/mol. The lowest BCUT2D eigenvalue weighted by atomic mass is 10.1. The average molecular weight is 243 g/mol. The van der Waals surface area contributed by atoms with Crippen LogP contribution in [0.3, 0.4) is 0 Å². The fraction of sp³-hybridized carbons (Fsp3) is 0.500.